The van der Waals surface area contributed by atoms with Gasteiger partial charge in [-0.1, -0.05) is 62.6 Å². The third kappa shape index (κ3) is 6.74. The molecule has 2 aromatic rings. The van der Waals surface area contributed by atoms with E-state index in [-0.39, 0.29) is 36.4 Å². The highest BCUT2D eigenvalue weighted by molar-refractivity contribution is 6.31. The summed E-state index contributed by atoms with van der Waals surface area (Å²) in [6.45, 7) is 8.51. The Morgan fingerprint density at radius 2 is 1.68 bits per heavy atom. The number of hydrogen-bond donors (Lipinski definition) is 1. The van der Waals surface area contributed by atoms with Crippen LogP contribution in [0.3, 0.4) is 0 Å². The van der Waals surface area contributed by atoms with Crippen LogP contribution in [0.15, 0.2) is 42.5 Å². The van der Waals surface area contributed by atoms with Crippen LogP contribution in [0.4, 0.5) is 0 Å². The lowest BCUT2D eigenvalue weighted by Gasteiger charge is -2.59. The Hall–Kier alpha value is -1.63. The summed E-state index contributed by atoms with van der Waals surface area (Å²) in [5.74, 6) is 1.11. The van der Waals surface area contributed by atoms with Crippen molar-refractivity contribution in [3.8, 4) is 5.75 Å². The highest BCUT2D eigenvalue weighted by Gasteiger charge is 2.60. The molecule has 2 aromatic carbocycles. The second-order valence-electron chi connectivity index (χ2n) is 10.7. The van der Waals surface area contributed by atoms with Gasteiger partial charge < -0.3 is 24.1 Å². The standard InChI is InChI=1S/C32H45ClO5/c1-4-7-19-36-30-27-15-16-32(27,17-18-34)38-29(31(30)37-20-8-5-2)24-11-14-28(33)25(22-24)21-23-9-12-26(13-10-23)35-6-3/h9-14,22,27,29-31,34H,4-8,15-21H2,1-3H3/t27-,29+,30+,31+,32+/m1/s1. The maximum atomic E-state index is 9.95. The molecule has 1 aliphatic carbocycles. The van der Waals surface area contributed by atoms with Crippen molar-refractivity contribution in [1.29, 1.82) is 0 Å². The molecule has 0 unspecified atom stereocenters. The number of ether oxygens (including phenoxy) is 4. The van der Waals surface area contributed by atoms with E-state index >= 15 is 0 Å². The molecule has 5 atom stereocenters. The first-order valence-corrected chi connectivity index (χ1v) is 14.9. The molecule has 1 saturated carbocycles. The molecular weight excluding hydrogens is 500 g/mol. The topological polar surface area (TPSA) is 57.2 Å². The summed E-state index contributed by atoms with van der Waals surface area (Å²) in [6.07, 6.45) is 6.98. The van der Waals surface area contributed by atoms with Gasteiger partial charge in [-0.05, 0) is 80.3 Å². The zero-order chi connectivity index (χ0) is 27.0. The molecule has 0 amide bonds. The largest absolute Gasteiger partial charge is 0.494 e. The van der Waals surface area contributed by atoms with Gasteiger partial charge in [0, 0.05) is 30.8 Å². The van der Waals surface area contributed by atoms with Crippen molar-refractivity contribution in [2.24, 2.45) is 5.92 Å². The van der Waals surface area contributed by atoms with Gasteiger partial charge in [0.15, 0.2) is 0 Å². The zero-order valence-electron chi connectivity index (χ0n) is 23.3. The number of aliphatic hydroxyl groups excluding tert-OH is 1. The molecule has 210 valence electrons. The number of unbranched alkanes of at least 4 members (excludes halogenated alkanes) is 2. The monoisotopic (exact) mass is 544 g/mol. The molecule has 1 heterocycles. The molecule has 1 saturated heterocycles. The molecule has 0 radical (unpaired) electrons. The van der Waals surface area contributed by atoms with Gasteiger partial charge in [-0.3, -0.25) is 0 Å². The van der Waals surface area contributed by atoms with Gasteiger partial charge in [0.25, 0.3) is 0 Å². The van der Waals surface area contributed by atoms with Crippen LogP contribution < -0.4 is 4.74 Å². The summed E-state index contributed by atoms with van der Waals surface area (Å²) in [4.78, 5) is 0. The highest BCUT2D eigenvalue weighted by Crippen LogP contribution is 2.56. The normalized spacial score (nSPS) is 26.6. The minimum Gasteiger partial charge on any atom is -0.494 e. The smallest absolute Gasteiger partial charge is 0.119 e. The van der Waals surface area contributed by atoms with E-state index in [0.717, 1.165) is 67.0 Å². The summed E-state index contributed by atoms with van der Waals surface area (Å²) >= 11 is 6.70. The Labute approximate surface area is 233 Å². The number of rotatable bonds is 15. The number of halogens is 1. The Morgan fingerprint density at radius 1 is 0.974 bits per heavy atom. The number of fused-ring (bicyclic) bond motifs is 1. The molecule has 1 N–H and O–H groups in total. The van der Waals surface area contributed by atoms with Gasteiger partial charge in [0.2, 0.25) is 0 Å². The van der Waals surface area contributed by atoms with E-state index in [1.165, 1.54) is 5.56 Å². The van der Waals surface area contributed by atoms with Crippen molar-refractivity contribution in [2.75, 3.05) is 26.4 Å². The average Bonchev–Trinajstić information content (AvgIpc) is 2.90. The van der Waals surface area contributed by atoms with E-state index in [0.29, 0.717) is 26.1 Å². The van der Waals surface area contributed by atoms with E-state index in [9.17, 15) is 5.11 Å². The summed E-state index contributed by atoms with van der Waals surface area (Å²) in [5, 5.41) is 10.7. The summed E-state index contributed by atoms with van der Waals surface area (Å²) in [7, 11) is 0. The molecule has 0 spiro atoms. The second kappa shape index (κ2) is 14.1. The van der Waals surface area contributed by atoms with Crippen LogP contribution in [0, 0.1) is 5.92 Å². The first-order chi connectivity index (χ1) is 18.5. The lowest BCUT2D eigenvalue weighted by Crippen LogP contribution is -2.65. The minimum atomic E-state index is -0.365. The summed E-state index contributed by atoms with van der Waals surface area (Å²) in [5.41, 5.74) is 2.92. The quantitative estimate of drug-likeness (QED) is 0.238. The maximum Gasteiger partial charge on any atom is 0.119 e. The Morgan fingerprint density at radius 3 is 2.29 bits per heavy atom. The molecule has 0 bridgehead atoms. The second-order valence-corrected chi connectivity index (χ2v) is 11.1. The van der Waals surface area contributed by atoms with Crippen molar-refractivity contribution in [3.63, 3.8) is 0 Å². The fourth-order valence-electron chi connectivity index (χ4n) is 5.90. The van der Waals surface area contributed by atoms with Crippen LogP contribution in [0.5, 0.6) is 5.75 Å². The first-order valence-electron chi connectivity index (χ1n) is 14.6. The molecule has 38 heavy (non-hydrogen) atoms. The van der Waals surface area contributed by atoms with Gasteiger partial charge in [0.05, 0.1) is 18.3 Å². The average molecular weight is 545 g/mol. The molecule has 1 aliphatic heterocycles. The van der Waals surface area contributed by atoms with Crippen molar-refractivity contribution in [3.05, 3.63) is 64.2 Å². The fourth-order valence-corrected chi connectivity index (χ4v) is 6.08. The third-order valence-corrected chi connectivity index (χ3v) is 8.48. The number of benzene rings is 2. The fraction of sp³-hybridized carbons (Fsp3) is 0.625. The van der Waals surface area contributed by atoms with Crippen LogP contribution >= 0.6 is 11.6 Å². The Bertz CT molecular complexity index is 996. The molecular formula is C32H45ClO5. The van der Waals surface area contributed by atoms with Crippen molar-refractivity contribution >= 4 is 11.6 Å². The van der Waals surface area contributed by atoms with Crippen LogP contribution in [0.2, 0.25) is 5.02 Å². The van der Waals surface area contributed by atoms with Crippen LogP contribution in [-0.2, 0) is 20.6 Å². The SMILES string of the molecule is CCCCO[C@@H]1[C@@H](OCCCC)[C@H](c2ccc(Cl)c(Cc3ccc(OCC)cc3)c2)O[C@]2(CCO)CC[C@H]12. The highest BCUT2D eigenvalue weighted by atomic mass is 35.5. The molecule has 2 fully saturated rings. The van der Waals surface area contributed by atoms with E-state index in [1.54, 1.807) is 0 Å². The summed E-state index contributed by atoms with van der Waals surface area (Å²) in [6, 6.07) is 14.4. The van der Waals surface area contributed by atoms with Gasteiger partial charge in [0.1, 0.15) is 18.0 Å². The first kappa shape index (κ1) is 29.4. The van der Waals surface area contributed by atoms with Gasteiger partial charge >= 0.3 is 0 Å². The molecule has 2 aliphatic rings. The summed E-state index contributed by atoms with van der Waals surface area (Å²) < 4.78 is 25.7. The molecule has 6 heteroatoms. The van der Waals surface area contributed by atoms with E-state index < -0.39 is 0 Å². The lowest BCUT2D eigenvalue weighted by atomic mass is 9.61. The zero-order valence-corrected chi connectivity index (χ0v) is 24.1. The predicted octanol–water partition coefficient (Wildman–Crippen LogP) is 7.30. The third-order valence-electron chi connectivity index (χ3n) is 8.11. The Balaban J connectivity index is 1.64. The minimum absolute atomic E-state index is 0.0531. The molecule has 4 rings (SSSR count). The van der Waals surface area contributed by atoms with Crippen LogP contribution in [-0.4, -0.2) is 49.3 Å². The van der Waals surface area contributed by atoms with E-state index in [2.05, 4.69) is 38.1 Å². The lowest BCUT2D eigenvalue weighted by molar-refractivity contribution is -0.308. The van der Waals surface area contributed by atoms with Gasteiger partial charge in [-0.25, -0.2) is 0 Å². The number of hydrogen-bond acceptors (Lipinski definition) is 5. The number of aliphatic hydroxyl groups is 1. The van der Waals surface area contributed by atoms with Gasteiger partial charge in [-0.2, -0.15) is 0 Å². The van der Waals surface area contributed by atoms with E-state index in [1.807, 2.05) is 25.1 Å². The van der Waals surface area contributed by atoms with Crippen molar-refractivity contribution in [1.82, 2.24) is 0 Å². The molecule has 5 nitrogen and oxygen atoms in total. The van der Waals surface area contributed by atoms with E-state index in [4.69, 9.17) is 30.5 Å². The predicted molar refractivity (Wildman–Crippen MR) is 152 cm³/mol. The van der Waals surface area contributed by atoms with Crippen molar-refractivity contribution < 1.29 is 24.1 Å². The van der Waals surface area contributed by atoms with Crippen LogP contribution in [0.25, 0.3) is 0 Å². The Kier molecular flexibility index (Phi) is 10.9. The molecule has 0 aromatic heterocycles. The van der Waals surface area contributed by atoms with Crippen LogP contribution in [0.1, 0.15) is 88.5 Å². The van der Waals surface area contributed by atoms with Crippen molar-refractivity contribution in [2.45, 2.75) is 96.1 Å². The maximum absolute atomic E-state index is 9.95. The van der Waals surface area contributed by atoms with Gasteiger partial charge in [-0.15, -0.1) is 0 Å².